The Bertz CT molecular complexity index is 534. The maximum Gasteiger partial charge on any atom is 0.316 e. The number of aryl methyl sites for hydroxylation is 2. The molecule has 0 aromatic heterocycles. The van der Waals surface area contributed by atoms with E-state index in [1.165, 1.54) is 4.90 Å². The lowest BCUT2D eigenvalue weighted by molar-refractivity contribution is -0.144. The molecule has 0 saturated carbocycles. The molecule has 0 aliphatic carbocycles. The SMILES string of the molecule is Cc1ccc(N(C)C(=O)C(=O)N2CCCNCC2)c(C)c1. The summed E-state index contributed by atoms with van der Waals surface area (Å²) in [4.78, 5) is 27.9. The summed E-state index contributed by atoms with van der Waals surface area (Å²) < 4.78 is 0. The summed E-state index contributed by atoms with van der Waals surface area (Å²) in [6, 6.07) is 5.85. The maximum atomic E-state index is 12.4. The van der Waals surface area contributed by atoms with Gasteiger partial charge in [-0.2, -0.15) is 0 Å². The zero-order chi connectivity index (χ0) is 15.4. The molecule has 5 nitrogen and oxygen atoms in total. The minimum absolute atomic E-state index is 0.416. The highest BCUT2D eigenvalue weighted by molar-refractivity contribution is 6.40. The number of carbonyl (C=O) groups excluding carboxylic acids is 2. The number of benzene rings is 1. The zero-order valence-electron chi connectivity index (χ0n) is 13.0. The Balaban J connectivity index is 2.12. The summed E-state index contributed by atoms with van der Waals surface area (Å²) in [6.07, 6.45) is 0.881. The standard InChI is InChI=1S/C16H23N3O2/c1-12-5-6-14(13(2)11-12)18(3)15(20)16(21)19-9-4-7-17-8-10-19/h5-6,11,17H,4,7-10H2,1-3H3. The summed E-state index contributed by atoms with van der Waals surface area (Å²) >= 11 is 0. The number of nitrogens with one attached hydrogen (secondary N) is 1. The van der Waals surface area contributed by atoms with Crippen LogP contribution in [0, 0.1) is 13.8 Å². The van der Waals surface area contributed by atoms with Gasteiger partial charge in [0.05, 0.1) is 0 Å². The summed E-state index contributed by atoms with van der Waals surface area (Å²) in [5, 5.41) is 3.23. The zero-order valence-corrected chi connectivity index (χ0v) is 13.0. The maximum absolute atomic E-state index is 12.4. The molecule has 0 radical (unpaired) electrons. The molecule has 1 fully saturated rings. The Kier molecular flexibility index (Phi) is 4.96. The van der Waals surface area contributed by atoms with Gasteiger partial charge in [0.15, 0.2) is 0 Å². The normalized spacial score (nSPS) is 15.5. The quantitative estimate of drug-likeness (QED) is 0.787. The fourth-order valence-corrected chi connectivity index (χ4v) is 2.62. The van der Waals surface area contributed by atoms with Gasteiger partial charge < -0.3 is 15.1 Å². The number of amides is 2. The molecule has 2 amide bonds. The Labute approximate surface area is 125 Å². The average molecular weight is 289 g/mol. The first-order chi connectivity index (χ1) is 10.0. The molecular weight excluding hydrogens is 266 g/mol. The third kappa shape index (κ3) is 3.61. The number of nitrogens with zero attached hydrogens (tertiary/aromatic N) is 2. The van der Waals surface area contributed by atoms with E-state index < -0.39 is 11.8 Å². The van der Waals surface area contributed by atoms with E-state index in [1.54, 1.807) is 11.9 Å². The van der Waals surface area contributed by atoms with Gasteiger partial charge in [-0.15, -0.1) is 0 Å². The van der Waals surface area contributed by atoms with E-state index in [1.807, 2.05) is 32.0 Å². The van der Waals surface area contributed by atoms with Gasteiger partial charge in [-0.05, 0) is 38.4 Å². The Morgan fingerprint density at radius 1 is 1.19 bits per heavy atom. The summed E-state index contributed by atoms with van der Waals surface area (Å²) in [5.74, 6) is -0.884. The van der Waals surface area contributed by atoms with Crippen molar-refractivity contribution in [2.45, 2.75) is 20.3 Å². The van der Waals surface area contributed by atoms with Crippen molar-refractivity contribution in [2.24, 2.45) is 0 Å². The van der Waals surface area contributed by atoms with Crippen molar-refractivity contribution in [3.05, 3.63) is 29.3 Å². The second-order valence-corrected chi connectivity index (χ2v) is 5.55. The van der Waals surface area contributed by atoms with E-state index in [-0.39, 0.29) is 0 Å². The Morgan fingerprint density at radius 2 is 1.95 bits per heavy atom. The van der Waals surface area contributed by atoms with E-state index in [0.29, 0.717) is 13.1 Å². The number of likely N-dealkylation sites (N-methyl/N-ethyl adjacent to an activating group) is 1. The van der Waals surface area contributed by atoms with Crippen LogP contribution in [0.3, 0.4) is 0 Å². The van der Waals surface area contributed by atoms with E-state index in [0.717, 1.165) is 36.3 Å². The van der Waals surface area contributed by atoms with Crippen LogP contribution in [0.15, 0.2) is 18.2 Å². The highest BCUT2D eigenvalue weighted by Crippen LogP contribution is 2.20. The van der Waals surface area contributed by atoms with Crippen molar-refractivity contribution < 1.29 is 9.59 Å². The second-order valence-electron chi connectivity index (χ2n) is 5.55. The fraction of sp³-hybridized carbons (Fsp3) is 0.500. The van der Waals surface area contributed by atoms with Gasteiger partial charge in [0, 0.05) is 32.4 Å². The van der Waals surface area contributed by atoms with Crippen LogP contribution in [0.25, 0.3) is 0 Å². The highest BCUT2D eigenvalue weighted by atomic mass is 16.2. The number of rotatable bonds is 1. The molecule has 0 atom stereocenters. The highest BCUT2D eigenvalue weighted by Gasteiger charge is 2.26. The van der Waals surface area contributed by atoms with Crippen LogP contribution in [0.4, 0.5) is 5.69 Å². The van der Waals surface area contributed by atoms with Crippen molar-refractivity contribution >= 4 is 17.5 Å². The van der Waals surface area contributed by atoms with Crippen LogP contribution < -0.4 is 10.2 Å². The minimum Gasteiger partial charge on any atom is -0.333 e. The molecule has 2 rings (SSSR count). The Morgan fingerprint density at radius 3 is 2.67 bits per heavy atom. The van der Waals surface area contributed by atoms with Gasteiger partial charge in [-0.3, -0.25) is 9.59 Å². The van der Waals surface area contributed by atoms with Crippen LogP contribution in [0.5, 0.6) is 0 Å². The van der Waals surface area contributed by atoms with Crippen molar-refractivity contribution in [2.75, 3.05) is 38.1 Å². The third-order valence-electron chi connectivity index (χ3n) is 3.83. The van der Waals surface area contributed by atoms with Crippen molar-refractivity contribution in [1.82, 2.24) is 10.2 Å². The molecule has 0 bridgehead atoms. The molecule has 1 aromatic carbocycles. The predicted octanol–water partition coefficient (Wildman–Crippen LogP) is 1.09. The molecule has 1 aromatic rings. The molecule has 1 aliphatic rings. The van der Waals surface area contributed by atoms with Crippen LogP contribution in [-0.4, -0.2) is 49.9 Å². The first-order valence-corrected chi connectivity index (χ1v) is 7.35. The van der Waals surface area contributed by atoms with Crippen LogP contribution in [0.1, 0.15) is 17.5 Å². The third-order valence-corrected chi connectivity index (χ3v) is 3.83. The summed E-state index contributed by atoms with van der Waals surface area (Å²) in [7, 11) is 1.66. The van der Waals surface area contributed by atoms with E-state index in [2.05, 4.69) is 5.32 Å². The molecule has 1 heterocycles. The molecule has 0 unspecified atom stereocenters. The summed E-state index contributed by atoms with van der Waals surface area (Å²) in [6.45, 7) is 6.82. The first kappa shape index (κ1) is 15.5. The lowest BCUT2D eigenvalue weighted by Gasteiger charge is -2.24. The van der Waals surface area contributed by atoms with E-state index in [4.69, 9.17) is 0 Å². The molecule has 0 spiro atoms. The van der Waals surface area contributed by atoms with Gasteiger partial charge in [0.25, 0.3) is 0 Å². The summed E-state index contributed by atoms with van der Waals surface area (Å²) in [5.41, 5.74) is 2.92. The van der Waals surface area contributed by atoms with Crippen LogP contribution in [-0.2, 0) is 9.59 Å². The van der Waals surface area contributed by atoms with Crippen molar-refractivity contribution in [1.29, 1.82) is 0 Å². The minimum atomic E-state index is -0.469. The predicted molar refractivity (Wildman–Crippen MR) is 83.4 cm³/mol. The van der Waals surface area contributed by atoms with Crippen molar-refractivity contribution in [3.8, 4) is 0 Å². The lowest BCUT2D eigenvalue weighted by Crippen LogP contribution is -2.45. The average Bonchev–Trinajstić information content (AvgIpc) is 2.74. The number of anilines is 1. The Hall–Kier alpha value is -1.88. The van der Waals surface area contributed by atoms with Crippen molar-refractivity contribution in [3.63, 3.8) is 0 Å². The largest absolute Gasteiger partial charge is 0.333 e. The lowest BCUT2D eigenvalue weighted by atomic mass is 10.1. The van der Waals surface area contributed by atoms with Crippen LogP contribution in [0.2, 0.25) is 0 Å². The van der Waals surface area contributed by atoms with E-state index in [9.17, 15) is 9.59 Å². The monoisotopic (exact) mass is 289 g/mol. The first-order valence-electron chi connectivity index (χ1n) is 7.35. The number of hydrogen-bond acceptors (Lipinski definition) is 3. The molecule has 1 aliphatic heterocycles. The molecule has 21 heavy (non-hydrogen) atoms. The van der Waals surface area contributed by atoms with Gasteiger partial charge in [0.2, 0.25) is 0 Å². The van der Waals surface area contributed by atoms with Gasteiger partial charge in [-0.25, -0.2) is 0 Å². The number of hydrogen-bond donors (Lipinski definition) is 1. The number of carbonyl (C=O) groups is 2. The van der Waals surface area contributed by atoms with Gasteiger partial charge in [0.1, 0.15) is 0 Å². The molecule has 1 saturated heterocycles. The van der Waals surface area contributed by atoms with E-state index >= 15 is 0 Å². The second kappa shape index (κ2) is 6.72. The van der Waals surface area contributed by atoms with Crippen LogP contribution >= 0.6 is 0 Å². The molecule has 114 valence electrons. The van der Waals surface area contributed by atoms with Gasteiger partial charge >= 0.3 is 11.8 Å². The topological polar surface area (TPSA) is 52.7 Å². The smallest absolute Gasteiger partial charge is 0.316 e. The van der Waals surface area contributed by atoms with Gasteiger partial charge in [-0.1, -0.05) is 17.7 Å². The molecule has 5 heteroatoms. The fourth-order valence-electron chi connectivity index (χ4n) is 2.62. The molecule has 1 N–H and O–H groups in total. The molecular formula is C16H23N3O2.